The van der Waals surface area contributed by atoms with Crippen molar-refractivity contribution < 1.29 is 4.79 Å². The van der Waals surface area contributed by atoms with Crippen LogP contribution in [-0.4, -0.2) is 16.5 Å². The van der Waals surface area contributed by atoms with Gasteiger partial charge in [-0.05, 0) is 30.4 Å². The van der Waals surface area contributed by atoms with Crippen LogP contribution in [-0.2, 0) is 11.3 Å². The van der Waals surface area contributed by atoms with Gasteiger partial charge in [-0.1, -0.05) is 13.8 Å². The highest BCUT2D eigenvalue weighted by molar-refractivity contribution is 7.17. The summed E-state index contributed by atoms with van der Waals surface area (Å²) < 4.78 is 2.42. The average Bonchev–Trinajstić information content (AvgIpc) is 2.88. The lowest BCUT2D eigenvalue weighted by Crippen LogP contribution is -2.38. The van der Waals surface area contributed by atoms with Crippen molar-refractivity contribution in [3.05, 3.63) is 34.1 Å². The quantitative estimate of drug-likeness (QED) is 0.913. The van der Waals surface area contributed by atoms with Crippen molar-refractivity contribution in [1.29, 1.82) is 0 Å². The molecule has 0 radical (unpaired) electrons. The van der Waals surface area contributed by atoms with Crippen molar-refractivity contribution in [3.8, 4) is 0 Å². The van der Waals surface area contributed by atoms with Gasteiger partial charge in [-0.15, -0.1) is 11.3 Å². The molecule has 0 bridgehead atoms. The van der Waals surface area contributed by atoms with Crippen LogP contribution in [0, 0.1) is 0 Å². The third-order valence-electron chi connectivity index (χ3n) is 3.26. The molecular formula is C14H18N2O2S. The summed E-state index contributed by atoms with van der Waals surface area (Å²) in [7, 11) is 0. The lowest BCUT2D eigenvalue weighted by Gasteiger charge is -2.15. The van der Waals surface area contributed by atoms with E-state index < -0.39 is 0 Å². The van der Waals surface area contributed by atoms with Crippen molar-refractivity contribution >= 4 is 27.3 Å². The summed E-state index contributed by atoms with van der Waals surface area (Å²) in [6, 6.07) is 3.87. The Bertz CT molecular complexity index is 626. The van der Waals surface area contributed by atoms with Gasteiger partial charge in [-0.3, -0.25) is 9.59 Å². The Balaban J connectivity index is 2.15. The van der Waals surface area contributed by atoms with Crippen molar-refractivity contribution in [2.24, 2.45) is 0 Å². The van der Waals surface area contributed by atoms with Crippen LogP contribution in [0.25, 0.3) is 10.1 Å². The number of carbonyl (C=O) groups is 1. The van der Waals surface area contributed by atoms with E-state index in [1.165, 1.54) is 15.9 Å². The molecule has 0 aliphatic carbocycles. The second-order valence-corrected chi connectivity index (χ2v) is 5.48. The monoisotopic (exact) mass is 278 g/mol. The molecule has 4 nitrogen and oxygen atoms in total. The fourth-order valence-electron chi connectivity index (χ4n) is 2.05. The Morgan fingerprint density at radius 3 is 2.79 bits per heavy atom. The number of amides is 1. The van der Waals surface area contributed by atoms with E-state index in [1.54, 1.807) is 12.3 Å². The number of rotatable bonds is 5. The third kappa shape index (κ3) is 3.04. The maximum Gasteiger partial charge on any atom is 0.259 e. The van der Waals surface area contributed by atoms with Crippen LogP contribution < -0.4 is 10.9 Å². The number of pyridine rings is 1. The minimum absolute atomic E-state index is 0.0844. The SMILES string of the molecule is CCC(CC)NC(=O)Cn1ccc2sccc2c1=O. The van der Waals surface area contributed by atoms with E-state index in [-0.39, 0.29) is 24.1 Å². The molecule has 0 aromatic carbocycles. The first-order chi connectivity index (χ1) is 9.15. The molecule has 0 saturated heterocycles. The van der Waals surface area contributed by atoms with Crippen LogP contribution in [0.1, 0.15) is 26.7 Å². The average molecular weight is 278 g/mol. The van der Waals surface area contributed by atoms with E-state index in [1.807, 2.05) is 25.3 Å². The zero-order valence-electron chi connectivity index (χ0n) is 11.2. The van der Waals surface area contributed by atoms with Crippen LogP contribution in [0.5, 0.6) is 0 Å². The molecule has 19 heavy (non-hydrogen) atoms. The van der Waals surface area contributed by atoms with E-state index in [0.29, 0.717) is 5.39 Å². The van der Waals surface area contributed by atoms with Gasteiger partial charge in [0.15, 0.2) is 0 Å². The summed E-state index contributed by atoms with van der Waals surface area (Å²) in [6.45, 7) is 4.16. The van der Waals surface area contributed by atoms with E-state index in [2.05, 4.69) is 5.32 Å². The van der Waals surface area contributed by atoms with Crippen LogP contribution in [0.4, 0.5) is 0 Å². The molecule has 102 valence electrons. The van der Waals surface area contributed by atoms with Gasteiger partial charge in [-0.25, -0.2) is 0 Å². The molecule has 1 amide bonds. The number of nitrogens with one attached hydrogen (secondary N) is 1. The smallest absolute Gasteiger partial charge is 0.259 e. The normalized spacial score (nSPS) is 11.1. The van der Waals surface area contributed by atoms with Gasteiger partial charge in [0.25, 0.3) is 5.56 Å². The fourth-order valence-corrected chi connectivity index (χ4v) is 2.82. The molecule has 2 aromatic rings. The van der Waals surface area contributed by atoms with E-state index in [4.69, 9.17) is 0 Å². The molecular weight excluding hydrogens is 260 g/mol. The molecule has 2 rings (SSSR count). The molecule has 5 heteroatoms. The molecule has 2 aromatic heterocycles. The predicted molar refractivity (Wildman–Crippen MR) is 78.6 cm³/mol. The summed E-state index contributed by atoms with van der Waals surface area (Å²) in [4.78, 5) is 24.0. The maximum absolute atomic E-state index is 12.1. The van der Waals surface area contributed by atoms with Crippen molar-refractivity contribution in [2.45, 2.75) is 39.3 Å². The summed E-state index contributed by atoms with van der Waals surface area (Å²) in [5, 5.41) is 5.51. The zero-order valence-corrected chi connectivity index (χ0v) is 12.0. The van der Waals surface area contributed by atoms with Crippen molar-refractivity contribution in [1.82, 2.24) is 9.88 Å². The molecule has 0 fully saturated rings. The highest BCUT2D eigenvalue weighted by Gasteiger charge is 2.10. The summed E-state index contributed by atoms with van der Waals surface area (Å²) in [5.74, 6) is -0.106. The zero-order chi connectivity index (χ0) is 13.8. The number of thiophene rings is 1. The topological polar surface area (TPSA) is 51.1 Å². The summed E-state index contributed by atoms with van der Waals surface area (Å²) in [5.41, 5.74) is -0.0987. The molecule has 0 unspecified atom stereocenters. The van der Waals surface area contributed by atoms with Crippen LogP contribution in [0.3, 0.4) is 0 Å². The summed E-state index contributed by atoms with van der Waals surface area (Å²) >= 11 is 1.53. The number of aromatic nitrogens is 1. The Labute approximate surface area is 116 Å². The Morgan fingerprint density at radius 2 is 2.11 bits per heavy atom. The predicted octanol–water partition coefficient (Wildman–Crippen LogP) is 2.37. The van der Waals surface area contributed by atoms with Gasteiger partial charge in [-0.2, -0.15) is 0 Å². The molecule has 1 N–H and O–H groups in total. The lowest BCUT2D eigenvalue weighted by molar-refractivity contribution is -0.122. The second-order valence-electron chi connectivity index (χ2n) is 4.53. The van der Waals surface area contributed by atoms with Crippen LogP contribution >= 0.6 is 11.3 Å². The first-order valence-corrected chi connectivity index (χ1v) is 7.39. The van der Waals surface area contributed by atoms with Gasteiger partial charge in [0.05, 0.1) is 5.39 Å². The lowest BCUT2D eigenvalue weighted by atomic mass is 10.2. The molecule has 2 heterocycles. The minimum atomic E-state index is -0.106. The van der Waals surface area contributed by atoms with Crippen LogP contribution in [0.15, 0.2) is 28.5 Å². The first-order valence-electron chi connectivity index (χ1n) is 6.51. The number of nitrogens with zero attached hydrogens (tertiary/aromatic N) is 1. The van der Waals surface area contributed by atoms with Gasteiger partial charge < -0.3 is 9.88 Å². The van der Waals surface area contributed by atoms with Crippen molar-refractivity contribution in [2.75, 3.05) is 0 Å². The molecule has 0 aliphatic rings. The molecule has 0 spiro atoms. The standard InChI is InChI=1S/C14H18N2O2S/c1-3-10(4-2)15-13(17)9-16-7-5-12-11(14(16)18)6-8-19-12/h5-8,10H,3-4,9H2,1-2H3,(H,15,17). The van der Waals surface area contributed by atoms with Gasteiger partial charge in [0, 0.05) is 16.9 Å². The number of hydrogen-bond donors (Lipinski definition) is 1. The van der Waals surface area contributed by atoms with E-state index in [0.717, 1.165) is 17.5 Å². The first kappa shape index (κ1) is 13.8. The third-order valence-corrected chi connectivity index (χ3v) is 4.14. The number of carbonyl (C=O) groups excluding carboxylic acids is 1. The highest BCUT2D eigenvalue weighted by atomic mass is 32.1. The second kappa shape index (κ2) is 6.02. The molecule has 0 saturated carbocycles. The number of fused-ring (bicyclic) bond motifs is 1. The molecule has 0 aliphatic heterocycles. The van der Waals surface area contributed by atoms with E-state index >= 15 is 0 Å². The van der Waals surface area contributed by atoms with Gasteiger partial charge in [0.1, 0.15) is 6.54 Å². The summed E-state index contributed by atoms with van der Waals surface area (Å²) in [6.07, 6.45) is 3.50. The van der Waals surface area contributed by atoms with Gasteiger partial charge in [0.2, 0.25) is 5.91 Å². The Kier molecular flexibility index (Phi) is 4.37. The van der Waals surface area contributed by atoms with Crippen molar-refractivity contribution in [3.63, 3.8) is 0 Å². The largest absolute Gasteiger partial charge is 0.352 e. The van der Waals surface area contributed by atoms with E-state index in [9.17, 15) is 9.59 Å². The Hall–Kier alpha value is -1.62. The van der Waals surface area contributed by atoms with Crippen LogP contribution in [0.2, 0.25) is 0 Å². The fraction of sp³-hybridized carbons (Fsp3) is 0.429. The highest BCUT2D eigenvalue weighted by Crippen LogP contribution is 2.16. The molecule has 0 atom stereocenters. The number of hydrogen-bond acceptors (Lipinski definition) is 3. The van der Waals surface area contributed by atoms with Gasteiger partial charge >= 0.3 is 0 Å². The Morgan fingerprint density at radius 1 is 1.37 bits per heavy atom. The maximum atomic E-state index is 12.1. The minimum Gasteiger partial charge on any atom is -0.352 e.